The molecule has 1 aromatic heterocycles. The molecule has 0 radical (unpaired) electrons. The number of rotatable bonds is 9. The molecule has 1 heterocycles. The number of amides is 1. The number of carbonyl (C=O) groups is 1. The summed E-state index contributed by atoms with van der Waals surface area (Å²) >= 11 is 0. The fourth-order valence-corrected chi connectivity index (χ4v) is 2.05. The number of aromatic nitrogens is 2. The maximum atomic E-state index is 11.7. The Balaban J connectivity index is 2.17. The van der Waals surface area contributed by atoms with Crippen LogP contribution >= 0.6 is 0 Å². The molecule has 6 heteroatoms. The molecule has 0 aliphatic carbocycles. The van der Waals surface area contributed by atoms with E-state index < -0.39 is 6.04 Å². The van der Waals surface area contributed by atoms with Crippen molar-refractivity contribution in [2.75, 3.05) is 20.3 Å². The molecule has 0 saturated carbocycles. The first-order valence-electron chi connectivity index (χ1n) is 7.08. The van der Waals surface area contributed by atoms with Gasteiger partial charge in [0, 0.05) is 32.5 Å². The van der Waals surface area contributed by atoms with Gasteiger partial charge in [-0.3, -0.25) is 9.48 Å². The van der Waals surface area contributed by atoms with Crippen LogP contribution in [-0.2, 0) is 16.1 Å². The van der Waals surface area contributed by atoms with Crippen molar-refractivity contribution in [2.45, 2.75) is 45.7 Å². The summed E-state index contributed by atoms with van der Waals surface area (Å²) in [5.41, 5.74) is 7.96. The average Bonchev–Trinajstić information content (AvgIpc) is 2.73. The van der Waals surface area contributed by atoms with E-state index in [2.05, 4.69) is 10.4 Å². The second-order valence-electron chi connectivity index (χ2n) is 5.04. The molecule has 0 aliphatic rings. The van der Waals surface area contributed by atoms with E-state index in [4.69, 9.17) is 10.5 Å². The highest BCUT2D eigenvalue weighted by molar-refractivity contribution is 5.81. The molecule has 0 saturated heterocycles. The van der Waals surface area contributed by atoms with Crippen molar-refractivity contribution in [3.63, 3.8) is 0 Å². The zero-order valence-corrected chi connectivity index (χ0v) is 12.7. The van der Waals surface area contributed by atoms with E-state index in [1.165, 1.54) is 0 Å². The number of nitrogens with zero attached hydrogens (tertiary/aromatic N) is 2. The SMILES string of the molecule is COCCCC(N)C(=O)NCCCn1nc(C)cc1C. The first-order chi connectivity index (χ1) is 9.54. The molecule has 114 valence electrons. The summed E-state index contributed by atoms with van der Waals surface area (Å²) in [6.07, 6.45) is 2.30. The molecule has 1 amide bonds. The lowest BCUT2D eigenvalue weighted by atomic mass is 10.1. The van der Waals surface area contributed by atoms with Gasteiger partial charge in [0.05, 0.1) is 11.7 Å². The highest BCUT2D eigenvalue weighted by atomic mass is 16.5. The molecule has 1 atom stereocenters. The summed E-state index contributed by atoms with van der Waals surface area (Å²) in [7, 11) is 1.64. The first-order valence-corrected chi connectivity index (χ1v) is 7.08. The van der Waals surface area contributed by atoms with E-state index >= 15 is 0 Å². The van der Waals surface area contributed by atoms with Gasteiger partial charge in [0.25, 0.3) is 0 Å². The Kier molecular flexibility index (Phi) is 7.25. The van der Waals surface area contributed by atoms with Crippen LogP contribution in [-0.4, -0.2) is 42.0 Å². The third-order valence-corrected chi connectivity index (χ3v) is 3.15. The number of hydrogen-bond donors (Lipinski definition) is 2. The Morgan fingerprint density at radius 3 is 2.85 bits per heavy atom. The summed E-state index contributed by atoms with van der Waals surface area (Å²) in [4.78, 5) is 11.7. The third-order valence-electron chi connectivity index (χ3n) is 3.15. The first kappa shape index (κ1) is 16.7. The van der Waals surface area contributed by atoms with Crippen molar-refractivity contribution in [1.29, 1.82) is 0 Å². The number of carbonyl (C=O) groups excluding carboxylic acids is 1. The van der Waals surface area contributed by atoms with Crippen molar-refractivity contribution in [2.24, 2.45) is 5.73 Å². The van der Waals surface area contributed by atoms with Gasteiger partial charge in [0.2, 0.25) is 5.91 Å². The van der Waals surface area contributed by atoms with E-state index in [-0.39, 0.29) is 5.91 Å². The lowest BCUT2D eigenvalue weighted by Gasteiger charge is -2.12. The van der Waals surface area contributed by atoms with Crippen LogP contribution in [0, 0.1) is 13.8 Å². The van der Waals surface area contributed by atoms with Gasteiger partial charge in [-0.2, -0.15) is 5.10 Å². The predicted molar refractivity (Wildman–Crippen MR) is 78.4 cm³/mol. The van der Waals surface area contributed by atoms with E-state index in [0.717, 1.165) is 30.8 Å². The van der Waals surface area contributed by atoms with E-state index in [9.17, 15) is 4.79 Å². The fourth-order valence-electron chi connectivity index (χ4n) is 2.05. The summed E-state index contributed by atoms with van der Waals surface area (Å²) in [5, 5.41) is 7.24. The van der Waals surface area contributed by atoms with E-state index in [0.29, 0.717) is 19.6 Å². The molecule has 0 fully saturated rings. The Morgan fingerprint density at radius 2 is 2.25 bits per heavy atom. The second kappa shape index (κ2) is 8.71. The fraction of sp³-hybridized carbons (Fsp3) is 0.714. The van der Waals surface area contributed by atoms with E-state index in [1.807, 2.05) is 24.6 Å². The van der Waals surface area contributed by atoms with Crippen molar-refractivity contribution in [1.82, 2.24) is 15.1 Å². The Bertz CT molecular complexity index is 417. The van der Waals surface area contributed by atoms with Crippen molar-refractivity contribution in [3.8, 4) is 0 Å². The highest BCUT2D eigenvalue weighted by Gasteiger charge is 2.12. The summed E-state index contributed by atoms with van der Waals surface area (Å²) in [5.74, 6) is -0.0885. The lowest BCUT2D eigenvalue weighted by molar-refractivity contribution is -0.122. The minimum atomic E-state index is -0.446. The molecule has 0 aliphatic heterocycles. The molecule has 20 heavy (non-hydrogen) atoms. The maximum absolute atomic E-state index is 11.7. The normalized spacial score (nSPS) is 12.4. The zero-order valence-electron chi connectivity index (χ0n) is 12.7. The van der Waals surface area contributed by atoms with E-state index in [1.54, 1.807) is 7.11 Å². The number of aryl methyl sites for hydroxylation is 3. The molecular formula is C14H26N4O2. The highest BCUT2D eigenvalue weighted by Crippen LogP contribution is 2.02. The molecule has 0 spiro atoms. The standard InChI is InChI=1S/C14H26N4O2/c1-11-10-12(2)18(17-11)8-5-7-16-14(19)13(15)6-4-9-20-3/h10,13H,4-9,15H2,1-3H3,(H,16,19). The number of nitrogens with two attached hydrogens (primary N) is 1. The molecular weight excluding hydrogens is 256 g/mol. The maximum Gasteiger partial charge on any atom is 0.236 e. The quantitative estimate of drug-likeness (QED) is 0.655. The molecule has 1 rings (SSSR count). The second-order valence-corrected chi connectivity index (χ2v) is 5.04. The number of ether oxygens (including phenoxy) is 1. The zero-order chi connectivity index (χ0) is 15.0. The van der Waals surface area contributed by atoms with Gasteiger partial charge < -0.3 is 15.8 Å². The number of hydrogen-bond acceptors (Lipinski definition) is 4. The van der Waals surface area contributed by atoms with Crippen LogP contribution < -0.4 is 11.1 Å². The number of nitrogens with one attached hydrogen (secondary N) is 1. The lowest BCUT2D eigenvalue weighted by Crippen LogP contribution is -2.41. The largest absolute Gasteiger partial charge is 0.385 e. The predicted octanol–water partition coefficient (Wildman–Crippen LogP) is 0.760. The minimum Gasteiger partial charge on any atom is -0.385 e. The van der Waals surface area contributed by atoms with Gasteiger partial charge in [-0.15, -0.1) is 0 Å². The van der Waals surface area contributed by atoms with Gasteiger partial charge in [-0.25, -0.2) is 0 Å². The molecule has 0 aromatic carbocycles. The topological polar surface area (TPSA) is 82.2 Å². The van der Waals surface area contributed by atoms with Gasteiger partial charge in [0.1, 0.15) is 0 Å². The van der Waals surface area contributed by atoms with Gasteiger partial charge in [-0.1, -0.05) is 0 Å². The smallest absolute Gasteiger partial charge is 0.236 e. The van der Waals surface area contributed by atoms with Crippen molar-refractivity contribution < 1.29 is 9.53 Å². The molecule has 0 bridgehead atoms. The summed E-state index contributed by atoms with van der Waals surface area (Å²) in [6.45, 7) is 6.07. The van der Waals surface area contributed by atoms with Crippen LogP contribution in [0.4, 0.5) is 0 Å². The monoisotopic (exact) mass is 282 g/mol. The van der Waals surface area contributed by atoms with Gasteiger partial charge in [0.15, 0.2) is 0 Å². The van der Waals surface area contributed by atoms with Crippen molar-refractivity contribution >= 4 is 5.91 Å². The molecule has 1 aromatic rings. The number of methoxy groups -OCH3 is 1. The van der Waals surface area contributed by atoms with Crippen LogP contribution in [0.2, 0.25) is 0 Å². The van der Waals surface area contributed by atoms with Crippen LogP contribution in [0.5, 0.6) is 0 Å². The van der Waals surface area contributed by atoms with Crippen LogP contribution in [0.3, 0.4) is 0 Å². The Labute approximate surface area is 120 Å². The minimum absolute atomic E-state index is 0.0885. The van der Waals surface area contributed by atoms with Crippen LogP contribution in [0.25, 0.3) is 0 Å². The van der Waals surface area contributed by atoms with Crippen LogP contribution in [0.15, 0.2) is 6.07 Å². The third kappa shape index (κ3) is 5.71. The van der Waals surface area contributed by atoms with Crippen LogP contribution in [0.1, 0.15) is 30.7 Å². The van der Waals surface area contributed by atoms with Gasteiger partial charge in [-0.05, 0) is 39.2 Å². The Morgan fingerprint density at radius 1 is 1.50 bits per heavy atom. The molecule has 6 nitrogen and oxygen atoms in total. The molecule has 3 N–H and O–H groups in total. The van der Waals surface area contributed by atoms with Gasteiger partial charge >= 0.3 is 0 Å². The summed E-state index contributed by atoms with van der Waals surface area (Å²) < 4.78 is 6.89. The Hall–Kier alpha value is -1.40. The molecule has 1 unspecified atom stereocenters. The average molecular weight is 282 g/mol. The van der Waals surface area contributed by atoms with Crippen molar-refractivity contribution in [3.05, 3.63) is 17.5 Å². The summed E-state index contributed by atoms with van der Waals surface area (Å²) in [6, 6.07) is 1.60.